The summed E-state index contributed by atoms with van der Waals surface area (Å²) < 4.78 is 0. The number of amides is 1. The molecule has 1 amide bonds. The monoisotopic (exact) mass is 345 g/mol. The van der Waals surface area contributed by atoms with Gasteiger partial charge in [0, 0.05) is 49.4 Å². The van der Waals surface area contributed by atoms with Crippen molar-refractivity contribution in [3.05, 3.63) is 30.1 Å². The second kappa shape index (κ2) is 6.68. The Hall–Kier alpha value is -1.07. The summed E-state index contributed by atoms with van der Waals surface area (Å²) in [6, 6.07) is 7.09. The van der Waals surface area contributed by atoms with E-state index in [0.29, 0.717) is 18.0 Å². The smallest absolute Gasteiger partial charge is 0.230 e. The predicted octanol–water partition coefficient (Wildman–Crippen LogP) is 2.79. The highest BCUT2D eigenvalue weighted by Gasteiger charge is 2.59. The SMILES string of the molecule is CC[C@@]1(C(=O)N2CCSCC2)C[C@@H]2CC[C@H]1N2Cc1ccccn1. The first-order valence-electron chi connectivity index (χ1n) is 9.27. The Bertz CT molecular complexity index is 590. The van der Waals surface area contributed by atoms with Gasteiger partial charge in [0.05, 0.1) is 11.1 Å². The zero-order valence-electron chi connectivity index (χ0n) is 14.5. The van der Waals surface area contributed by atoms with Gasteiger partial charge in [0.15, 0.2) is 0 Å². The summed E-state index contributed by atoms with van der Waals surface area (Å²) in [5.74, 6) is 2.62. The van der Waals surface area contributed by atoms with Crippen LogP contribution in [0.1, 0.15) is 38.3 Å². The molecule has 3 atom stereocenters. The third-order valence-electron chi connectivity index (χ3n) is 6.31. The zero-order valence-corrected chi connectivity index (χ0v) is 15.3. The first kappa shape index (κ1) is 16.4. The number of hydrogen-bond acceptors (Lipinski definition) is 4. The summed E-state index contributed by atoms with van der Waals surface area (Å²) in [6.07, 6.45) is 6.29. The molecule has 3 fully saturated rings. The van der Waals surface area contributed by atoms with E-state index >= 15 is 0 Å². The minimum atomic E-state index is -0.153. The van der Waals surface area contributed by atoms with Crippen LogP contribution in [0.25, 0.3) is 0 Å². The molecule has 4 rings (SSSR count). The van der Waals surface area contributed by atoms with Crippen molar-refractivity contribution < 1.29 is 4.79 Å². The topological polar surface area (TPSA) is 36.4 Å². The Labute approximate surface area is 149 Å². The van der Waals surface area contributed by atoms with E-state index in [2.05, 4.69) is 33.8 Å². The van der Waals surface area contributed by atoms with Gasteiger partial charge in [-0.15, -0.1) is 0 Å². The molecule has 4 heterocycles. The molecule has 24 heavy (non-hydrogen) atoms. The molecule has 1 aromatic rings. The molecule has 0 aromatic carbocycles. The van der Waals surface area contributed by atoms with Gasteiger partial charge in [-0.05, 0) is 37.8 Å². The maximum absolute atomic E-state index is 13.4. The summed E-state index contributed by atoms with van der Waals surface area (Å²) in [6.45, 7) is 4.98. The second-order valence-electron chi connectivity index (χ2n) is 7.36. The molecule has 1 aromatic heterocycles. The highest BCUT2D eigenvalue weighted by atomic mass is 32.2. The van der Waals surface area contributed by atoms with Crippen LogP contribution < -0.4 is 0 Å². The van der Waals surface area contributed by atoms with Crippen molar-refractivity contribution in [1.82, 2.24) is 14.8 Å². The van der Waals surface area contributed by atoms with E-state index in [1.807, 2.05) is 24.0 Å². The van der Waals surface area contributed by atoms with E-state index < -0.39 is 0 Å². The minimum Gasteiger partial charge on any atom is -0.341 e. The number of carbonyl (C=O) groups is 1. The number of thioether (sulfide) groups is 1. The molecule has 0 N–H and O–H groups in total. The molecule has 130 valence electrons. The van der Waals surface area contributed by atoms with Crippen LogP contribution in [0.2, 0.25) is 0 Å². The molecule has 0 aliphatic carbocycles. The van der Waals surface area contributed by atoms with Crippen LogP contribution in [-0.2, 0) is 11.3 Å². The van der Waals surface area contributed by atoms with Gasteiger partial charge < -0.3 is 4.90 Å². The molecule has 3 aliphatic rings. The summed E-state index contributed by atoms with van der Waals surface area (Å²) in [5, 5.41) is 0. The number of pyridine rings is 1. The van der Waals surface area contributed by atoms with Crippen LogP contribution in [0.3, 0.4) is 0 Å². The van der Waals surface area contributed by atoms with Crippen LogP contribution >= 0.6 is 11.8 Å². The van der Waals surface area contributed by atoms with Gasteiger partial charge in [-0.2, -0.15) is 11.8 Å². The summed E-state index contributed by atoms with van der Waals surface area (Å²) in [7, 11) is 0. The molecule has 3 saturated heterocycles. The third kappa shape index (κ3) is 2.66. The number of carbonyl (C=O) groups excluding carboxylic acids is 1. The standard InChI is InChI=1S/C19H27N3OS/c1-2-19(18(23)21-9-11-24-12-10-21)13-16-6-7-17(19)22(16)14-15-5-3-4-8-20-15/h3-5,8,16-17H,2,6-7,9-14H2,1H3/t16-,17+,19+/m0/s1. The van der Waals surface area contributed by atoms with Crippen molar-refractivity contribution in [2.45, 2.75) is 51.2 Å². The molecule has 0 saturated carbocycles. The van der Waals surface area contributed by atoms with E-state index in [-0.39, 0.29) is 5.41 Å². The highest BCUT2D eigenvalue weighted by Crippen LogP contribution is 2.53. The number of fused-ring (bicyclic) bond motifs is 2. The molecule has 5 heteroatoms. The Kier molecular flexibility index (Phi) is 4.56. The average Bonchev–Trinajstić information content (AvgIpc) is 3.17. The van der Waals surface area contributed by atoms with Crippen molar-refractivity contribution >= 4 is 17.7 Å². The van der Waals surface area contributed by atoms with E-state index in [1.165, 1.54) is 12.8 Å². The zero-order chi connectivity index (χ0) is 16.6. The molecule has 3 aliphatic heterocycles. The third-order valence-corrected chi connectivity index (χ3v) is 7.25. The van der Waals surface area contributed by atoms with Gasteiger partial charge in [-0.25, -0.2) is 0 Å². The fourth-order valence-electron chi connectivity index (χ4n) is 5.07. The number of nitrogens with zero attached hydrogens (tertiary/aromatic N) is 3. The lowest BCUT2D eigenvalue weighted by atomic mass is 9.70. The molecule has 0 unspecified atom stereocenters. The quantitative estimate of drug-likeness (QED) is 0.841. The fourth-order valence-corrected chi connectivity index (χ4v) is 5.97. The van der Waals surface area contributed by atoms with Gasteiger partial charge in [-0.3, -0.25) is 14.7 Å². The van der Waals surface area contributed by atoms with Gasteiger partial charge in [0.1, 0.15) is 0 Å². The first-order chi connectivity index (χ1) is 11.7. The molecular weight excluding hydrogens is 318 g/mol. The lowest BCUT2D eigenvalue weighted by Crippen LogP contribution is -2.52. The Morgan fingerprint density at radius 2 is 2.17 bits per heavy atom. The maximum Gasteiger partial charge on any atom is 0.230 e. The van der Waals surface area contributed by atoms with Crippen molar-refractivity contribution in [1.29, 1.82) is 0 Å². The normalized spacial score (nSPS) is 33.1. The van der Waals surface area contributed by atoms with Gasteiger partial charge in [0.2, 0.25) is 5.91 Å². The summed E-state index contributed by atoms with van der Waals surface area (Å²) in [4.78, 5) is 22.7. The van der Waals surface area contributed by atoms with Crippen LogP contribution in [0.5, 0.6) is 0 Å². The lowest BCUT2D eigenvalue weighted by Gasteiger charge is -2.40. The Balaban J connectivity index is 1.55. The van der Waals surface area contributed by atoms with Crippen LogP contribution in [0, 0.1) is 5.41 Å². The van der Waals surface area contributed by atoms with E-state index in [1.54, 1.807) is 0 Å². The predicted molar refractivity (Wildman–Crippen MR) is 97.8 cm³/mol. The van der Waals surface area contributed by atoms with Crippen molar-refractivity contribution in [2.24, 2.45) is 5.41 Å². The van der Waals surface area contributed by atoms with Crippen LogP contribution in [-0.4, -0.2) is 57.4 Å². The van der Waals surface area contributed by atoms with Gasteiger partial charge in [0.25, 0.3) is 0 Å². The molecular formula is C19H27N3OS. The number of hydrogen-bond donors (Lipinski definition) is 0. The number of rotatable bonds is 4. The molecule has 0 spiro atoms. The fraction of sp³-hybridized carbons (Fsp3) is 0.684. The van der Waals surface area contributed by atoms with Gasteiger partial charge in [-0.1, -0.05) is 13.0 Å². The maximum atomic E-state index is 13.4. The second-order valence-corrected chi connectivity index (χ2v) is 8.58. The van der Waals surface area contributed by atoms with Crippen molar-refractivity contribution in [3.63, 3.8) is 0 Å². The highest BCUT2D eigenvalue weighted by molar-refractivity contribution is 7.99. The lowest BCUT2D eigenvalue weighted by molar-refractivity contribution is -0.144. The van der Waals surface area contributed by atoms with E-state index in [9.17, 15) is 4.79 Å². The first-order valence-corrected chi connectivity index (χ1v) is 10.4. The van der Waals surface area contributed by atoms with Gasteiger partial charge >= 0.3 is 0 Å². The minimum absolute atomic E-state index is 0.153. The largest absolute Gasteiger partial charge is 0.341 e. The van der Waals surface area contributed by atoms with Crippen LogP contribution in [0.4, 0.5) is 0 Å². The number of aromatic nitrogens is 1. The van der Waals surface area contributed by atoms with E-state index in [4.69, 9.17) is 0 Å². The van der Waals surface area contributed by atoms with E-state index in [0.717, 1.165) is 49.7 Å². The average molecular weight is 346 g/mol. The van der Waals surface area contributed by atoms with Crippen molar-refractivity contribution in [2.75, 3.05) is 24.6 Å². The Morgan fingerprint density at radius 1 is 1.33 bits per heavy atom. The summed E-state index contributed by atoms with van der Waals surface area (Å²) in [5.41, 5.74) is 0.975. The Morgan fingerprint density at radius 3 is 2.88 bits per heavy atom. The van der Waals surface area contributed by atoms with Crippen LogP contribution in [0.15, 0.2) is 24.4 Å². The molecule has 4 nitrogen and oxygen atoms in total. The summed E-state index contributed by atoms with van der Waals surface area (Å²) >= 11 is 1.97. The molecule has 2 bridgehead atoms. The van der Waals surface area contributed by atoms with Crippen molar-refractivity contribution in [3.8, 4) is 0 Å². The molecule has 0 radical (unpaired) electrons.